The molecule has 1 aliphatic rings. The standard InChI is InChI=1S/C16H16ClNO4/c1-9-2-3-10(16(20)21)8-18(9)15(19)14-7-11-6-12(17)4-5-13(11)22-14/h4-7,9-10H,2-3,8H2,1H3,(H,20,21). The van der Waals surface area contributed by atoms with Gasteiger partial charge in [0, 0.05) is 23.0 Å². The van der Waals surface area contributed by atoms with Gasteiger partial charge in [0.1, 0.15) is 5.58 Å². The fraction of sp³-hybridized carbons (Fsp3) is 0.375. The molecule has 1 amide bonds. The Kier molecular flexibility index (Phi) is 3.83. The number of carboxylic acid groups (broad SMARTS) is 1. The number of hydrogen-bond acceptors (Lipinski definition) is 3. The molecule has 2 heterocycles. The number of aliphatic carboxylic acids is 1. The molecule has 1 aliphatic heterocycles. The number of furan rings is 1. The van der Waals surface area contributed by atoms with Crippen LogP contribution in [0.1, 0.15) is 30.3 Å². The third-order valence-corrected chi connectivity index (χ3v) is 4.42. The first-order chi connectivity index (χ1) is 10.5. The highest BCUT2D eigenvalue weighted by Crippen LogP contribution is 2.27. The van der Waals surface area contributed by atoms with Crippen LogP contribution in [0.2, 0.25) is 5.02 Å². The van der Waals surface area contributed by atoms with Crippen molar-refractivity contribution >= 4 is 34.4 Å². The van der Waals surface area contributed by atoms with E-state index in [9.17, 15) is 9.59 Å². The highest BCUT2D eigenvalue weighted by Gasteiger charge is 2.34. The Balaban J connectivity index is 1.88. The van der Waals surface area contributed by atoms with Gasteiger partial charge in [-0.2, -0.15) is 0 Å². The van der Waals surface area contributed by atoms with Gasteiger partial charge in [-0.1, -0.05) is 11.6 Å². The summed E-state index contributed by atoms with van der Waals surface area (Å²) >= 11 is 5.93. The van der Waals surface area contributed by atoms with Crippen molar-refractivity contribution in [2.45, 2.75) is 25.8 Å². The normalized spacial score (nSPS) is 22.0. The van der Waals surface area contributed by atoms with Crippen LogP contribution < -0.4 is 0 Å². The number of carbonyl (C=O) groups is 2. The van der Waals surface area contributed by atoms with Crippen molar-refractivity contribution in [1.29, 1.82) is 0 Å². The van der Waals surface area contributed by atoms with E-state index in [1.807, 2.05) is 6.92 Å². The zero-order chi connectivity index (χ0) is 15.9. The molecule has 22 heavy (non-hydrogen) atoms. The number of piperidine rings is 1. The summed E-state index contributed by atoms with van der Waals surface area (Å²) in [6, 6.07) is 6.80. The average molecular weight is 322 g/mol. The predicted molar refractivity (Wildman–Crippen MR) is 82.1 cm³/mol. The molecule has 0 saturated carbocycles. The summed E-state index contributed by atoms with van der Waals surface area (Å²) in [5.41, 5.74) is 0.590. The van der Waals surface area contributed by atoms with Crippen LogP contribution >= 0.6 is 11.6 Å². The van der Waals surface area contributed by atoms with Crippen LogP contribution in [-0.2, 0) is 4.79 Å². The van der Waals surface area contributed by atoms with Gasteiger partial charge >= 0.3 is 5.97 Å². The first-order valence-electron chi connectivity index (χ1n) is 7.18. The van der Waals surface area contributed by atoms with Crippen LogP contribution in [0.3, 0.4) is 0 Å². The second-order valence-corrected chi connectivity index (χ2v) is 6.15. The SMILES string of the molecule is CC1CCC(C(=O)O)CN1C(=O)c1cc2cc(Cl)ccc2o1. The van der Waals surface area contributed by atoms with E-state index in [0.717, 1.165) is 5.39 Å². The Hall–Kier alpha value is -2.01. The number of amides is 1. The van der Waals surface area contributed by atoms with Crippen molar-refractivity contribution < 1.29 is 19.1 Å². The molecule has 0 radical (unpaired) electrons. The maximum Gasteiger partial charge on any atom is 0.308 e. The molecule has 2 aromatic rings. The number of rotatable bonds is 2. The first kappa shape index (κ1) is 14.9. The number of carboxylic acids is 1. The Morgan fingerprint density at radius 2 is 2.09 bits per heavy atom. The Labute approximate surface area is 132 Å². The summed E-state index contributed by atoms with van der Waals surface area (Å²) in [5.74, 6) is -1.43. The van der Waals surface area contributed by atoms with Crippen LogP contribution in [0.25, 0.3) is 11.0 Å². The lowest BCUT2D eigenvalue weighted by Crippen LogP contribution is -2.47. The summed E-state index contributed by atoms with van der Waals surface area (Å²) in [4.78, 5) is 25.4. The molecule has 116 valence electrons. The molecule has 1 fully saturated rings. The highest BCUT2D eigenvalue weighted by atomic mass is 35.5. The number of fused-ring (bicyclic) bond motifs is 1. The zero-order valence-electron chi connectivity index (χ0n) is 12.1. The van der Waals surface area contributed by atoms with Gasteiger partial charge in [-0.3, -0.25) is 9.59 Å². The Bertz CT molecular complexity index is 739. The maximum absolute atomic E-state index is 12.6. The minimum Gasteiger partial charge on any atom is -0.481 e. The van der Waals surface area contributed by atoms with Gasteiger partial charge in [0.25, 0.3) is 5.91 Å². The minimum atomic E-state index is -0.860. The molecule has 1 aromatic carbocycles. The van der Waals surface area contributed by atoms with Gasteiger partial charge in [-0.25, -0.2) is 0 Å². The van der Waals surface area contributed by atoms with Crippen LogP contribution in [0.5, 0.6) is 0 Å². The molecule has 5 nitrogen and oxygen atoms in total. The van der Waals surface area contributed by atoms with Gasteiger partial charge in [0.2, 0.25) is 0 Å². The van der Waals surface area contributed by atoms with Gasteiger partial charge in [-0.15, -0.1) is 0 Å². The summed E-state index contributed by atoms with van der Waals surface area (Å²) in [6.45, 7) is 2.14. The summed E-state index contributed by atoms with van der Waals surface area (Å²) < 4.78 is 5.58. The van der Waals surface area contributed by atoms with E-state index in [-0.39, 0.29) is 24.3 Å². The first-order valence-corrected chi connectivity index (χ1v) is 7.56. The van der Waals surface area contributed by atoms with E-state index in [2.05, 4.69) is 0 Å². The third kappa shape index (κ3) is 2.68. The summed E-state index contributed by atoms with van der Waals surface area (Å²) in [7, 11) is 0. The lowest BCUT2D eigenvalue weighted by Gasteiger charge is -2.35. The molecule has 6 heteroatoms. The molecule has 0 spiro atoms. The zero-order valence-corrected chi connectivity index (χ0v) is 12.8. The highest BCUT2D eigenvalue weighted by molar-refractivity contribution is 6.31. The topological polar surface area (TPSA) is 70.8 Å². The van der Waals surface area contributed by atoms with Crippen molar-refractivity contribution in [2.24, 2.45) is 5.92 Å². The molecular weight excluding hydrogens is 306 g/mol. The summed E-state index contributed by atoms with van der Waals surface area (Å²) in [5, 5.41) is 10.5. The van der Waals surface area contributed by atoms with E-state index in [0.29, 0.717) is 23.4 Å². The lowest BCUT2D eigenvalue weighted by molar-refractivity contribution is -0.143. The molecule has 0 bridgehead atoms. The van der Waals surface area contributed by atoms with Crippen LogP contribution in [-0.4, -0.2) is 34.5 Å². The number of hydrogen-bond donors (Lipinski definition) is 1. The Morgan fingerprint density at radius 1 is 1.32 bits per heavy atom. The Morgan fingerprint density at radius 3 is 2.82 bits per heavy atom. The van der Waals surface area contributed by atoms with E-state index in [1.54, 1.807) is 29.2 Å². The van der Waals surface area contributed by atoms with E-state index < -0.39 is 11.9 Å². The molecule has 3 rings (SSSR count). The van der Waals surface area contributed by atoms with E-state index in [1.165, 1.54) is 0 Å². The molecular formula is C16H16ClNO4. The number of benzene rings is 1. The fourth-order valence-electron chi connectivity index (χ4n) is 2.85. The van der Waals surface area contributed by atoms with Crippen LogP contribution in [0, 0.1) is 5.92 Å². The molecule has 0 aliphatic carbocycles. The monoisotopic (exact) mass is 321 g/mol. The van der Waals surface area contributed by atoms with Gasteiger partial charge in [-0.05, 0) is 44.0 Å². The molecule has 1 saturated heterocycles. The van der Waals surface area contributed by atoms with Crippen LogP contribution in [0.15, 0.2) is 28.7 Å². The van der Waals surface area contributed by atoms with Crippen molar-refractivity contribution in [3.63, 3.8) is 0 Å². The van der Waals surface area contributed by atoms with Crippen molar-refractivity contribution in [1.82, 2.24) is 4.90 Å². The smallest absolute Gasteiger partial charge is 0.308 e. The quantitative estimate of drug-likeness (QED) is 0.920. The van der Waals surface area contributed by atoms with Gasteiger partial charge in [0.15, 0.2) is 5.76 Å². The molecule has 1 N–H and O–H groups in total. The lowest BCUT2D eigenvalue weighted by atomic mass is 9.93. The average Bonchev–Trinajstić information content (AvgIpc) is 2.89. The van der Waals surface area contributed by atoms with Crippen LogP contribution in [0.4, 0.5) is 0 Å². The number of halogens is 1. The minimum absolute atomic E-state index is 0.0000924. The van der Waals surface area contributed by atoms with Gasteiger partial charge in [0.05, 0.1) is 5.92 Å². The number of carbonyl (C=O) groups excluding carboxylic acids is 1. The van der Waals surface area contributed by atoms with Gasteiger partial charge < -0.3 is 14.4 Å². The number of likely N-dealkylation sites (tertiary alicyclic amines) is 1. The second kappa shape index (κ2) is 5.65. The second-order valence-electron chi connectivity index (χ2n) is 5.71. The van der Waals surface area contributed by atoms with Crippen molar-refractivity contribution in [3.05, 3.63) is 35.0 Å². The maximum atomic E-state index is 12.6. The largest absolute Gasteiger partial charge is 0.481 e. The predicted octanol–water partition coefficient (Wildman–Crippen LogP) is 3.41. The molecule has 1 aromatic heterocycles. The third-order valence-electron chi connectivity index (χ3n) is 4.18. The van der Waals surface area contributed by atoms with Crippen molar-refractivity contribution in [3.8, 4) is 0 Å². The van der Waals surface area contributed by atoms with E-state index >= 15 is 0 Å². The number of nitrogens with zero attached hydrogens (tertiary/aromatic N) is 1. The fourth-order valence-corrected chi connectivity index (χ4v) is 3.03. The molecule has 2 atom stereocenters. The van der Waals surface area contributed by atoms with Crippen molar-refractivity contribution in [2.75, 3.05) is 6.54 Å². The molecule has 2 unspecified atom stereocenters. The van der Waals surface area contributed by atoms with E-state index in [4.69, 9.17) is 21.1 Å². The summed E-state index contributed by atoms with van der Waals surface area (Å²) in [6.07, 6.45) is 1.27.